The van der Waals surface area contributed by atoms with Crippen LogP contribution in [-0.4, -0.2) is 62.1 Å². The lowest BCUT2D eigenvalue weighted by Crippen LogP contribution is -2.51. The van der Waals surface area contributed by atoms with Crippen LogP contribution in [0.25, 0.3) is 0 Å². The molecule has 1 N–H and O–H groups in total. The fourth-order valence-corrected chi connectivity index (χ4v) is 4.09. The van der Waals surface area contributed by atoms with Crippen LogP contribution in [0.1, 0.15) is 5.56 Å². The second-order valence-electron chi connectivity index (χ2n) is 8.00. The van der Waals surface area contributed by atoms with Crippen LogP contribution in [0.4, 0.5) is 16.2 Å². The third kappa shape index (κ3) is 4.34. The molecule has 3 aromatic carbocycles. The van der Waals surface area contributed by atoms with Crippen LogP contribution in [0.15, 0.2) is 71.7 Å². The fraction of sp³-hybridized carbons (Fsp3) is 0.231. The zero-order chi connectivity index (χ0) is 23.5. The lowest BCUT2D eigenvalue weighted by Gasteiger charge is -2.36. The maximum absolute atomic E-state index is 12.8. The molecule has 8 heteroatoms. The molecule has 0 radical (unpaired) electrons. The molecule has 5 rings (SSSR count). The zero-order valence-electron chi connectivity index (χ0n) is 19.2. The predicted octanol–water partition coefficient (Wildman–Crippen LogP) is 4.74. The van der Waals surface area contributed by atoms with E-state index in [1.807, 2.05) is 65.6 Å². The van der Waals surface area contributed by atoms with Crippen molar-refractivity contribution in [3.63, 3.8) is 0 Å². The van der Waals surface area contributed by atoms with E-state index in [0.717, 1.165) is 28.6 Å². The van der Waals surface area contributed by atoms with E-state index in [-0.39, 0.29) is 6.03 Å². The first kappa shape index (κ1) is 21.6. The van der Waals surface area contributed by atoms with Crippen molar-refractivity contribution in [1.29, 1.82) is 0 Å². The predicted molar refractivity (Wildman–Crippen MR) is 131 cm³/mol. The Labute approximate surface area is 198 Å². The highest BCUT2D eigenvalue weighted by atomic mass is 16.5. The SMILES string of the molecule is COc1cccc(NC(=O)N2CCN(C3=Nc4ccccc4Oc4ccc(OC)cc43)CC2)c1. The van der Waals surface area contributed by atoms with Gasteiger partial charge in [0.2, 0.25) is 0 Å². The van der Waals surface area contributed by atoms with Gasteiger partial charge in [-0.15, -0.1) is 0 Å². The zero-order valence-corrected chi connectivity index (χ0v) is 19.2. The molecular weight excluding hydrogens is 432 g/mol. The lowest BCUT2D eigenvalue weighted by molar-refractivity contribution is 0.181. The van der Waals surface area contributed by atoms with E-state index in [2.05, 4.69) is 10.2 Å². The van der Waals surface area contributed by atoms with Crippen LogP contribution in [0.3, 0.4) is 0 Å². The number of aliphatic imine (C=N–C) groups is 1. The number of amidine groups is 1. The summed E-state index contributed by atoms with van der Waals surface area (Å²) in [5.41, 5.74) is 2.34. The molecule has 2 amide bonds. The summed E-state index contributed by atoms with van der Waals surface area (Å²) < 4.78 is 16.9. The van der Waals surface area contributed by atoms with E-state index in [0.29, 0.717) is 43.4 Å². The highest BCUT2D eigenvalue weighted by Gasteiger charge is 2.28. The number of hydrogen-bond donors (Lipinski definition) is 1. The Morgan fingerprint density at radius 3 is 2.44 bits per heavy atom. The number of rotatable bonds is 3. The fourth-order valence-electron chi connectivity index (χ4n) is 4.09. The smallest absolute Gasteiger partial charge is 0.321 e. The number of piperazine rings is 1. The van der Waals surface area contributed by atoms with Crippen molar-refractivity contribution in [1.82, 2.24) is 9.80 Å². The van der Waals surface area contributed by atoms with E-state index >= 15 is 0 Å². The number of ether oxygens (including phenoxy) is 3. The Morgan fingerprint density at radius 1 is 0.882 bits per heavy atom. The first-order valence-corrected chi connectivity index (χ1v) is 11.1. The van der Waals surface area contributed by atoms with Crippen molar-refractivity contribution < 1.29 is 19.0 Å². The molecule has 2 heterocycles. The van der Waals surface area contributed by atoms with Crippen molar-refractivity contribution in [2.45, 2.75) is 0 Å². The molecule has 34 heavy (non-hydrogen) atoms. The molecule has 0 unspecified atom stereocenters. The largest absolute Gasteiger partial charge is 0.497 e. The van der Waals surface area contributed by atoms with Gasteiger partial charge in [-0.25, -0.2) is 9.79 Å². The number of anilines is 1. The number of carbonyl (C=O) groups excluding carboxylic acids is 1. The molecule has 1 saturated heterocycles. The molecule has 1 fully saturated rings. The molecule has 174 valence electrons. The van der Waals surface area contributed by atoms with Crippen LogP contribution >= 0.6 is 0 Å². The van der Waals surface area contributed by atoms with Crippen molar-refractivity contribution in [3.05, 3.63) is 72.3 Å². The van der Waals surface area contributed by atoms with Gasteiger partial charge in [-0.1, -0.05) is 18.2 Å². The number of hydrogen-bond acceptors (Lipinski definition) is 6. The molecule has 0 saturated carbocycles. The van der Waals surface area contributed by atoms with Gasteiger partial charge in [0.05, 0.1) is 19.8 Å². The van der Waals surface area contributed by atoms with Crippen molar-refractivity contribution >= 4 is 23.2 Å². The minimum absolute atomic E-state index is 0.133. The van der Waals surface area contributed by atoms with E-state index < -0.39 is 0 Å². The van der Waals surface area contributed by atoms with Gasteiger partial charge in [0, 0.05) is 37.9 Å². The Balaban J connectivity index is 1.35. The van der Waals surface area contributed by atoms with Gasteiger partial charge in [0.15, 0.2) is 5.75 Å². The van der Waals surface area contributed by atoms with Gasteiger partial charge in [0.1, 0.15) is 28.8 Å². The van der Waals surface area contributed by atoms with Crippen LogP contribution in [0.2, 0.25) is 0 Å². The topological polar surface area (TPSA) is 75.6 Å². The standard InChI is InChI=1S/C26H26N4O4/c1-32-19-7-5-6-18(16-19)27-26(31)30-14-12-29(13-15-30)25-21-17-20(33-2)10-11-23(21)34-24-9-4-3-8-22(24)28-25/h3-11,16-17H,12-15H2,1-2H3,(H,27,31). The van der Waals surface area contributed by atoms with Crippen LogP contribution in [0, 0.1) is 0 Å². The quantitative estimate of drug-likeness (QED) is 0.614. The number of carbonyl (C=O) groups is 1. The minimum Gasteiger partial charge on any atom is -0.497 e. The van der Waals surface area contributed by atoms with Crippen LogP contribution < -0.4 is 19.5 Å². The molecule has 0 spiro atoms. The van der Waals surface area contributed by atoms with E-state index in [9.17, 15) is 4.79 Å². The molecule has 3 aromatic rings. The summed E-state index contributed by atoms with van der Waals surface area (Å²) >= 11 is 0. The highest BCUT2D eigenvalue weighted by Crippen LogP contribution is 2.39. The summed E-state index contributed by atoms with van der Waals surface area (Å²) in [5, 5.41) is 2.96. The number of nitrogens with zero attached hydrogens (tertiary/aromatic N) is 3. The lowest BCUT2D eigenvalue weighted by atomic mass is 10.1. The Hall–Kier alpha value is -4.20. The monoisotopic (exact) mass is 458 g/mol. The average molecular weight is 459 g/mol. The van der Waals surface area contributed by atoms with E-state index in [1.165, 1.54) is 0 Å². The van der Waals surface area contributed by atoms with Crippen molar-refractivity contribution in [2.75, 3.05) is 45.7 Å². The molecule has 0 bridgehead atoms. The highest BCUT2D eigenvalue weighted by molar-refractivity contribution is 6.04. The molecule has 0 aliphatic carbocycles. The molecule has 2 aliphatic heterocycles. The molecule has 8 nitrogen and oxygen atoms in total. The van der Waals surface area contributed by atoms with Crippen LogP contribution in [0.5, 0.6) is 23.0 Å². The van der Waals surface area contributed by atoms with Gasteiger partial charge in [-0.3, -0.25) is 0 Å². The summed E-state index contributed by atoms with van der Waals surface area (Å²) in [6, 6.07) is 20.7. The number of methoxy groups -OCH3 is 2. The third-order valence-electron chi connectivity index (χ3n) is 5.93. The normalized spacial score (nSPS) is 14.7. The summed E-state index contributed by atoms with van der Waals surface area (Å²) in [7, 11) is 3.25. The molecule has 0 atom stereocenters. The number of para-hydroxylation sites is 2. The molecule has 2 aliphatic rings. The summed E-state index contributed by atoms with van der Waals surface area (Å²) in [5.74, 6) is 3.68. The average Bonchev–Trinajstić information content (AvgIpc) is 3.05. The third-order valence-corrected chi connectivity index (χ3v) is 5.93. The summed E-state index contributed by atoms with van der Waals surface area (Å²) in [4.78, 5) is 21.8. The second kappa shape index (κ2) is 9.35. The summed E-state index contributed by atoms with van der Waals surface area (Å²) in [6.45, 7) is 2.42. The Morgan fingerprint density at radius 2 is 1.65 bits per heavy atom. The number of fused-ring (bicyclic) bond motifs is 2. The number of benzene rings is 3. The maximum Gasteiger partial charge on any atom is 0.321 e. The van der Waals surface area contributed by atoms with Crippen molar-refractivity contribution in [3.8, 4) is 23.0 Å². The van der Waals surface area contributed by atoms with Gasteiger partial charge < -0.3 is 29.3 Å². The van der Waals surface area contributed by atoms with Crippen LogP contribution in [-0.2, 0) is 0 Å². The first-order chi connectivity index (χ1) is 16.6. The Bertz CT molecular complexity index is 1230. The number of amides is 2. The van der Waals surface area contributed by atoms with Gasteiger partial charge >= 0.3 is 6.03 Å². The molecular formula is C26H26N4O4. The minimum atomic E-state index is -0.133. The summed E-state index contributed by atoms with van der Waals surface area (Å²) in [6.07, 6.45) is 0. The first-order valence-electron chi connectivity index (χ1n) is 11.1. The number of urea groups is 1. The van der Waals surface area contributed by atoms with Gasteiger partial charge in [-0.05, 0) is 42.5 Å². The molecule has 0 aromatic heterocycles. The second-order valence-corrected chi connectivity index (χ2v) is 8.00. The maximum atomic E-state index is 12.8. The van der Waals surface area contributed by atoms with Crippen molar-refractivity contribution in [2.24, 2.45) is 4.99 Å². The van der Waals surface area contributed by atoms with E-state index in [1.54, 1.807) is 20.3 Å². The number of nitrogens with one attached hydrogen (secondary N) is 1. The Kier molecular flexibility index (Phi) is 5.95. The van der Waals surface area contributed by atoms with Gasteiger partial charge in [0.25, 0.3) is 0 Å². The van der Waals surface area contributed by atoms with Gasteiger partial charge in [-0.2, -0.15) is 0 Å². The van der Waals surface area contributed by atoms with E-state index in [4.69, 9.17) is 19.2 Å².